The lowest BCUT2D eigenvalue weighted by atomic mass is 10.0. The number of allylic oxidation sites excluding steroid dienone is 1. The molecule has 1 saturated heterocycles. The zero-order valence-corrected chi connectivity index (χ0v) is 12.5. The highest BCUT2D eigenvalue weighted by Crippen LogP contribution is 2.20. The van der Waals surface area contributed by atoms with Crippen molar-refractivity contribution in [3.63, 3.8) is 0 Å². The first-order valence-electron chi connectivity index (χ1n) is 7.46. The Balaban J connectivity index is 2.09. The Hall–Kier alpha value is -1.16. The van der Waals surface area contributed by atoms with Gasteiger partial charge in [-0.15, -0.1) is 0 Å². The van der Waals surface area contributed by atoms with E-state index in [0.29, 0.717) is 12.5 Å². The van der Waals surface area contributed by atoms with Crippen LogP contribution >= 0.6 is 0 Å². The van der Waals surface area contributed by atoms with Crippen molar-refractivity contribution < 1.29 is 5.11 Å². The largest absolute Gasteiger partial charge is 0.390 e. The second-order valence-electron chi connectivity index (χ2n) is 6.15. The van der Waals surface area contributed by atoms with Gasteiger partial charge in [-0.25, -0.2) is 0 Å². The first-order valence-corrected chi connectivity index (χ1v) is 7.46. The van der Waals surface area contributed by atoms with E-state index in [0.717, 1.165) is 19.5 Å². The highest BCUT2D eigenvalue weighted by atomic mass is 16.3. The molecule has 3 heteroatoms. The van der Waals surface area contributed by atoms with Crippen LogP contribution in [-0.4, -0.2) is 41.8 Å². The van der Waals surface area contributed by atoms with Crippen molar-refractivity contribution >= 4 is 5.57 Å². The van der Waals surface area contributed by atoms with Gasteiger partial charge in [0.2, 0.25) is 0 Å². The number of hydrogen-bond donors (Lipinski definition) is 2. The van der Waals surface area contributed by atoms with E-state index < -0.39 is 6.10 Å². The summed E-state index contributed by atoms with van der Waals surface area (Å²) in [5, 5.41) is 9.78. The SMILES string of the molecule is CC(C)C/C=C(\CN1C[C@H](N)[C@@H](O)C1)c1ccccc1. The Morgan fingerprint density at radius 2 is 2.05 bits per heavy atom. The Labute approximate surface area is 122 Å². The van der Waals surface area contributed by atoms with Gasteiger partial charge < -0.3 is 10.8 Å². The smallest absolute Gasteiger partial charge is 0.0830 e. The molecule has 1 fully saturated rings. The molecule has 2 rings (SSSR count). The Morgan fingerprint density at radius 1 is 1.35 bits per heavy atom. The molecule has 1 heterocycles. The molecule has 0 bridgehead atoms. The van der Waals surface area contributed by atoms with E-state index in [4.69, 9.17) is 5.73 Å². The summed E-state index contributed by atoms with van der Waals surface area (Å²) in [6, 6.07) is 10.4. The molecule has 0 unspecified atom stereocenters. The zero-order chi connectivity index (χ0) is 14.5. The van der Waals surface area contributed by atoms with E-state index in [-0.39, 0.29) is 6.04 Å². The zero-order valence-electron chi connectivity index (χ0n) is 12.5. The maximum absolute atomic E-state index is 9.78. The van der Waals surface area contributed by atoms with Crippen molar-refractivity contribution in [3.8, 4) is 0 Å². The summed E-state index contributed by atoms with van der Waals surface area (Å²) < 4.78 is 0. The molecule has 1 aliphatic heterocycles. The van der Waals surface area contributed by atoms with Gasteiger partial charge in [-0.05, 0) is 23.5 Å². The molecule has 3 nitrogen and oxygen atoms in total. The summed E-state index contributed by atoms with van der Waals surface area (Å²) in [7, 11) is 0. The van der Waals surface area contributed by atoms with Gasteiger partial charge >= 0.3 is 0 Å². The summed E-state index contributed by atoms with van der Waals surface area (Å²) >= 11 is 0. The lowest BCUT2D eigenvalue weighted by molar-refractivity contribution is 0.168. The van der Waals surface area contributed by atoms with Gasteiger partial charge in [-0.2, -0.15) is 0 Å². The maximum atomic E-state index is 9.78. The summed E-state index contributed by atoms with van der Waals surface area (Å²) in [4.78, 5) is 2.24. The van der Waals surface area contributed by atoms with Crippen molar-refractivity contribution in [2.45, 2.75) is 32.4 Å². The molecule has 1 aliphatic rings. The lowest BCUT2D eigenvalue weighted by Gasteiger charge is -2.18. The molecule has 0 aromatic heterocycles. The molecular formula is C17H26N2O. The van der Waals surface area contributed by atoms with Gasteiger partial charge in [0.15, 0.2) is 0 Å². The molecule has 2 atom stereocenters. The van der Waals surface area contributed by atoms with E-state index in [1.54, 1.807) is 0 Å². The molecule has 20 heavy (non-hydrogen) atoms. The number of nitrogens with zero attached hydrogens (tertiary/aromatic N) is 1. The van der Waals surface area contributed by atoms with Gasteiger partial charge in [0, 0.05) is 25.7 Å². The molecule has 0 radical (unpaired) electrons. The molecule has 1 aromatic rings. The van der Waals surface area contributed by atoms with Crippen molar-refractivity contribution in [1.29, 1.82) is 0 Å². The van der Waals surface area contributed by atoms with Crippen molar-refractivity contribution in [2.24, 2.45) is 11.7 Å². The minimum atomic E-state index is -0.392. The van der Waals surface area contributed by atoms with Crippen LogP contribution in [0.4, 0.5) is 0 Å². The van der Waals surface area contributed by atoms with Crippen LogP contribution in [0.25, 0.3) is 5.57 Å². The van der Waals surface area contributed by atoms with Crippen LogP contribution in [0.5, 0.6) is 0 Å². The number of hydrogen-bond acceptors (Lipinski definition) is 3. The monoisotopic (exact) mass is 274 g/mol. The first-order chi connectivity index (χ1) is 9.56. The third kappa shape index (κ3) is 4.17. The summed E-state index contributed by atoms with van der Waals surface area (Å²) in [5.74, 6) is 0.653. The molecular weight excluding hydrogens is 248 g/mol. The molecule has 1 aromatic carbocycles. The number of aliphatic hydroxyl groups is 1. The third-order valence-electron chi connectivity index (χ3n) is 3.78. The Morgan fingerprint density at radius 3 is 2.60 bits per heavy atom. The van der Waals surface area contributed by atoms with Crippen LogP contribution in [0.1, 0.15) is 25.8 Å². The molecule has 0 spiro atoms. The average Bonchev–Trinajstić information content (AvgIpc) is 2.74. The Kier molecular flexibility index (Phi) is 5.35. The number of aliphatic hydroxyl groups excluding tert-OH is 1. The summed E-state index contributed by atoms with van der Waals surface area (Å²) in [5.41, 5.74) is 8.49. The van der Waals surface area contributed by atoms with Gasteiger partial charge in [0.25, 0.3) is 0 Å². The quantitative estimate of drug-likeness (QED) is 0.864. The first kappa shape index (κ1) is 15.2. The minimum absolute atomic E-state index is 0.114. The predicted molar refractivity (Wildman–Crippen MR) is 84.3 cm³/mol. The summed E-state index contributed by atoms with van der Waals surface area (Å²) in [6.45, 7) is 6.77. The van der Waals surface area contributed by atoms with E-state index >= 15 is 0 Å². The highest BCUT2D eigenvalue weighted by Gasteiger charge is 2.28. The second-order valence-corrected chi connectivity index (χ2v) is 6.15. The lowest BCUT2D eigenvalue weighted by Crippen LogP contribution is -2.32. The van der Waals surface area contributed by atoms with Crippen LogP contribution in [0.15, 0.2) is 36.4 Å². The minimum Gasteiger partial charge on any atom is -0.390 e. The van der Waals surface area contributed by atoms with Crippen LogP contribution in [-0.2, 0) is 0 Å². The molecule has 0 aliphatic carbocycles. The van der Waals surface area contributed by atoms with Crippen LogP contribution in [0, 0.1) is 5.92 Å². The molecule has 0 saturated carbocycles. The second kappa shape index (κ2) is 7.02. The number of nitrogens with two attached hydrogens (primary N) is 1. The molecule has 0 amide bonds. The third-order valence-corrected chi connectivity index (χ3v) is 3.78. The van der Waals surface area contributed by atoms with Crippen LogP contribution < -0.4 is 5.73 Å². The van der Waals surface area contributed by atoms with Crippen molar-refractivity contribution in [2.75, 3.05) is 19.6 Å². The molecule has 3 N–H and O–H groups in total. The maximum Gasteiger partial charge on any atom is 0.0830 e. The van der Waals surface area contributed by atoms with Gasteiger partial charge in [-0.3, -0.25) is 4.90 Å². The fourth-order valence-electron chi connectivity index (χ4n) is 2.57. The molecule has 110 valence electrons. The summed E-state index contributed by atoms with van der Waals surface area (Å²) in [6.07, 6.45) is 3.01. The number of rotatable bonds is 5. The van der Waals surface area contributed by atoms with Gasteiger partial charge in [0.1, 0.15) is 0 Å². The van der Waals surface area contributed by atoms with E-state index in [1.807, 2.05) is 6.07 Å². The van der Waals surface area contributed by atoms with Crippen LogP contribution in [0.2, 0.25) is 0 Å². The normalized spacial score (nSPS) is 24.6. The van der Waals surface area contributed by atoms with Crippen LogP contribution in [0.3, 0.4) is 0 Å². The predicted octanol–water partition coefficient (Wildman–Crippen LogP) is 2.12. The Bertz CT molecular complexity index is 432. The van der Waals surface area contributed by atoms with Gasteiger partial charge in [0.05, 0.1) is 6.10 Å². The van der Waals surface area contributed by atoms with E-state index in [1.165, 1.54) is 11.1 Å². The standard InChI is InChI=1S/C17H26N2O/c1-13(2)8-9-15(14-6-4-3-5-7-14)10-19-11-16(18)17(20)12-19/h3-7,9,13,16-17,20H,8,10-12,18H2,1-2H3/b15-9+/t16-,17-/m0/s1. The number of benzene rings is 1. The van der Waals surface area contributed by atoms with Gasteiger partial charge in [-0.1, -0.05) is 50.3 Å². The van der Waals surface area contributed by atoms with Crippen molar-refractivity contribution in [1.82, 2.24) is 4.90 Å². The topological polar surface area (TPSA) is 49.5 Å². The highest BCUT2D eigenvalue weighted by molar-refractivity contribution is 5.66. The number of β-amino-alcohol motifs (C(OH)–C–C–N with tert-alkyl or cyclic N) is 1. The fraction of sp³-hybridized carbons (Fsp3) is 0.529. The fourth-order valence-corrected chi connectivity index (χ4v) is 2.57. The number of likely N-dealkylation sites (tertiary alicyclic amines) is 1. The van der Waals surface area contributed by atoms with E-state index in [9.17, 15) is 5.11 Å². The van der Waals surface area contributed by atoms with Crippen molar-refractivity contribution in [3.05, 3.63) is 42.0 Å². The average molecular weight is 274 g/mol. The van der Waals surface area contributed by atoms with E-state index in [2.05, 4.69) is 49.1 Å².